The van der Waals surface area contributed by atoms with E-state index in [0.29, 0.717) is 0 Å². The molecule has 1 fully saturated rings. The first-order chi connectivity index (χ1) is 11.7. The third kappa shape index (κ3) is 4.36. The highest BCUT2D eigenvalue weighted by molar-refractivity contribution is 5.92. The highest BCUT2D eigenvalue weighted by Crippen LogP contribution is 2.21. The summed E-state index contributed by atoms with van der Waals surface area (Å²) >= 11 is 0. The van der Waals surface area contributed by atoms with Crippen molar-refractivity contribution in [1.82, 2.24) is 5.32 Å². The molecule has 1 atom stereocenters. The minimum absolute atomic E-state index is 0.127. The van der Waals surface area contributed by atoms with E-state index in [-0.39, 0.29) is 17.9 Å². The Bertz CT molecular complexity index is 648. The second-order valence-electron chi connectivity index (χ2n) is 6.37. The van der Waals surface area contributed by atoms with E-state index < -0.39 is 0 Å². The Kier molecular flexibility index (Phi) is 5.49. The molecule has 0 radical (unpaired) electrons. The van der Waals surface area contributed by atoms with Crippen molar-refractivity contribution in [1.29, 1.82) is 0 Å². The Morgan fingerprint density at radius 2 is 1.62 bits per heavy atom. The fourth-order valence-electron chi connectivity index (χ4n) is 3.05. The minimum atomic E-state index is 0.127. The summed E-state index contributed by atoms with van der Waals surface area (Å²) in [6.45, 7) is 4.00. The lowest BCUT2D eigenvalue weighted by atomic mass is 9.97. The van der Waals surface area contributed by atoms with Gasteiger partial charge in [0.25, 0.3) is 0 Å². The maximum absolute atomic E-state index is 12.3. The molecule has 1 aliphatic heterocycles. The molecule has 1 aliphatic rings. The van der Waals surface area contributed by atoms with Crippen LogP contribution in [0.1, 0.15) is 31.4 Å². The Balaban J connectivity index is 1.56. The standard InChI is InChI=1S/C20H25N3O/c1-15(16-5-3-2-4-6-16)22-18-7-9-19(10-8-18)23-20(24)17-11-13-21-14-12-17/h2-10,15,17,21-22H,11-14H2,1H3,(H,23,24). The largest absolute Gasteiger partial charge is 0.379 e. The number of amides is 1. The Morgan fingerprint density at radius 3 is 2.29 bits per heavy atom. The molecule has 2 aromatic rings. The van der Waals surface area contributed by atoms with E-state index in [1.807, 2.05) is 42.5 Å². The SMILES string of the molecule is CC(Nc1ccc(NC(=O)C2CCNCC2)cc1)c1ccccc1. The summed E-state index contributed by atoms with van der Waals surface area (Å²) in [5.74, 6) is 0.261. The summed E-state index contributed by atoms with van der Waals surface area (Å²) in [4.78, 5) is 12.3. The number of carbonyl (C=O) groups excluding carboxylic acids is 1. The van der Waals surface area contributed by atoms with Gasteiger partial charge in [-0.15, -0.1) is 0 Å². The Hall–Kier alpha value is -2.33. The van der Waals surface area contributed by atoms with Gasteiger partial charge in [0.1, 0.15) is 0 Å². The molecule has 4 nitrogen and oxygen atoms in total. The maximum atomic E-state index is 12.3. The predicted octanol–water partition coefficient (Wildman–Crippen LogP) is 3.80. The monoisotopic (exact) mass is 323 g/mol. The van der Waals surface area contributed by atoms with Gasteiger partial charge in [-0.25, -0.2) is 0 Å². The molecular weight excluding hydrogens is 298 g/mol. The van der Waals surface area contributed by atoms with Crippen molar-refractivity contribution in [2.45, 2.75) is 25.8 Å². The summed E-state index contributed by atoms with van der Waals surface area (Å²) in [5.41, 5.74) is 3.16. The van der Waals surface area contributed by atoms with Crippen LogP contribution < -0.4 is 16.0 Å². The lowest BCUT2D eigenvalue weighted by Gasteiger charge is -2.22. The molecule has 3 N–H and O–H groups in total. The van der Waals surface area contributed by atoms with Gasteiger partial charge in [-0.1, -0.05) is 30.3 Å². The summed E-state index contributed by atoms with van der Waals surface area (Å²) in [6, 6.07) is 18.5. The topological polar surface area (TPSA) is 53.2 Å². The van der Waals surface area contributed by atoms with Gasteiger partial charge < -0.3 is 16.0 Å². The average Bonchev–Trinajstić information content (AvgIpc) is 2.65. The van der Waals surface area contributed by atoms with Crippen LogP contribution in [-0.4, -0.2) is 19.0 Å². The molecule has 4 heteroatoms. The van der Waals surface area contributed by atoms with Crippen molar-refractivity contribution >= 4 is 17.3 Å². The molecule has 24 heavy (non-hydrogen) atoms. The van der Waals surface area contributed by atoms with E-state index in [1.165, 1.54) is 5.56 Å². The molecule has 0 aromatic heterocycles. The fraction of sp³-hybridized carbons (Fsp3) is 0.350. The van der Waals surface area contributed by atoms with E-state index in [4.69, 9.17) is 0 Å². The Labute approximate surface area is 143 Å². The summed E-state index contributed by atoms with van der Waals surface area (Å²) < 4.78 is 0. The van der Waals surface area contributed by atoms with E-state index in [2.05, 4.69) is 35.0 Å². The van der Waals surface area contributed by atoms with Crippen LogP contribution in [-0.2, 0) is 4.79 Å². The van der Waals surface area contributed by atoms with Gasteiger partial charge in [0.05, 0.1) is 0 Å². The number of hydrogen-bond donors (Lipinski definition) is 3. The van der Waals surface area contributed by atoms with Gasteiger partial charge in [-0.2, -0.15) is 0 Å². The van der Waals surface area contributed by atoms with E-state index in [1.54, 1.807) is 0 Å². The van der Waals surface area contributed by atoms with Gasteiger partial charge >= 0.3 is 0 Å². The van der Waals surface area contributed by atoms with Crippen LogP contribution in [0.4, 0.5) is 11.4 Å². The number of rotatable bonds is 5. The minimum Gasteiger partial charge on any atom is -0.379 e. The number of carbonyl (C=O) groups is 1. The zero-order chi connectivity index (χ0) is 16.8. The van der Waals surface area contributed by atoms with E-state index in [0.717, 1.165) is 37.3 Å². The Morgan fingerprint density at radius 1 is 1.00 bits per heavy atom. The predicted molar refractivity (Wildman–Crippen MR) is 99.1 cm³/mol. The van der Waals surface area contributed by atoms with Crippen LogP contribution in [0, 0.1) is 5.92 Å². The summed E-state index contributed by atoms with van der Waals surface area (Å²) in [5, 5.41) is 9.79. The molecule has 126 valence electrons. The van der Waals surface area contributed by atoms with Crippen molar-refractivity contribution in [2.75, 3.05) is 23.7 Å². The molecule has 1 heterocycles. The molecule has 1 amide bonds. The summed E-state index contributed by atoms with van der Waals surface area (Å²) in [7, 11) is 0. The van der Waals surface area contributed by atoms with E-state index >= 15 is 0 Å². The number of benzene rings is 2. The third-order valence-electron chi connectivity index (χ3n) is 4.55. The molecule has 1 unspecified atom stereocenters. The zero-order valence-electron chi connectivity index (χ0n) is 14.1. The van der Waals surface area contributed by atoms with Crippen LogP contribution in [0.25, 0.3) is 0 Å². The van der Waals surface area contributed by atoms with Crippen LogP contribution in [0.15, 0.2) is 54.6 Å². The van der Waals surface area contributed by atoms with Crippen molar-refractivity contribution < 1.29 is 4.79 Å². The van der Waals surface area contributed by atoms with Gasteiger partial charge in [-0.05, 0) is 62.7 Å². The van der Waals surface area contributed by atoms with Crippen molar-refractivity contribution in [2.24, 2.45) is 5.92 Å². The fourth-order valence-corrected chi connectivity index (χ4v) is 3.05. The number of anilines is 2. The highest BCUT2D eigenvalue weighted by Gasteiger charge is 2.20. The number of nitrogens with one attached hydrogen (secondary N) is 3. The van der Waals surface area contributed by atoms with Crippen molar-refractivity contribution in [3.05, 3.63) is 60.2 Å². The molecular formula is C20H25N3O. The molecule has 0 spiro atoms. The maximum Gasteiger partial charge on any atom is 0.227 e. The van der Waals surface area contributed by atoms with Crippen LogP contribution >= 0.6 is 0 Å². The molecule has 0 bridgehead atoms. The van der Waals surface area contributed by atoms with Crippen LogP contribution in [0.5, 0.6) is 0 Å². The molecule has 0 aliphatic carbocycles. The first-order valence-electron chi connectivity index (χ1n) is 8.65. The smallest absolute Gasteiger partial charge is 0.227 e. The van der Waals surface area contributed by atoms with Gasteiger partial charge in [-0.3, -0.25) is 4.79 Å². The van der Waals surface area contributed by atoms with Gasteiger partial charge in [0.2, 0.25) is 5.91 Å². The first kappa shape index (κ1) is 16.5. The first-order valence-corrected chi connectivity index (χ1v) is 8.65. The lowest BCUT2D eigenvalue weighted by Crippen LogP contribution is -2.34. The van der Waals surface area contributed by atoms with Crippen molar-refractivity contribution in [3.8, 4) is 0 Å². The average molecular weight is 323 g/mol. The van der Waals surface area contributed by atoms with Crippen LogP contribution in [0.3, 0.4) is 0 Å². The second-order valence-corrected chi connectivity index (χ2v) is 6.37. The second kappa shape index (κ2) is 7.97. The van der Waals surface area contributed by atoms with E-state index in [9.17, 15) is 4.79 Å². The molecule has 3 rings (SSSR count). The molecule has 1 saturated heterocycles. The summed E-state index contributed by atoms with van der Waals surface area (Å²) in [6.07, 6.45) is 1.83. The normalized spacial score (nSPS) is 16.4. The van der Waals surface area contributed by atoms with Gasteiger partial charge in [0, 0.05) is 23.3 Å². The highest BCUT2D eigenvalue weighted by atomic mass is 16.1. The van der Waals surface area contributed by atoms with Crippen molar-refractivity contribution in [3.63, 3.8) is 0 Å². The van der Waals surface area contributed by atoms with Crippen LogP contribution in [0.2, 0.25) is 0 Å². The quantitative estimate of drug-likeness (QED) is 0.784. The molecule has 2 aromatic carbocycles. The third-order valence-corrected chi connectivity index (χ3v) is 4.55. The number of hydrogen-bond acceptors (Lipinski definition) is 3. The lowest BCUT2D eigenvalue weighted by molar-refractivity contribution is -0.120. The van der Waals surface area contributed by atoms with Gasteiger partial charge in [0.15, 0.2) is 0 Å². The number of piperidine rings is 1. The zero-order valence-corrected chi connectivity index (χ0v) is 14.1. The molecule has 0 saturated carbocycles.